The number of hydrogen-bond donors (Lipinski definition) is 3. The van der Waals surface area contributed by atoms with Gasteiger partial charge in [0.25, 0.3) is 0 Å². The van der Waals surface area contributed by atoms with Crippen LogP contribution in [0.5, 0.6) is 0 Å². The normalized spacial score (nSPS) is 12.5. The van der Waals surface area contributed by atoms with Gasteiger partial charge in [-0.15, -0.1) is 11.3 Å². The molecule has 0 saturated carbocycles. The fourth-order valence-corrected chi connectivity index (χ4v) is 4.85. The topological polar surface area (TPSA) is 118 Å². The molecule has 1 heterocycles. The summed E-state index contributed by atoms with van der Waals surface area (Å²) in [6, 6.07) is 16.3. The molecule has 0 spiro atoms. The molecule has 35 heavy (non-hydrogen) atoms. The fourth-order valence-electron chi connectivity index (χ4n) is 4.15. The summed E-state index contributed by atoms with van der Waals surface area (Å²) in [4.78, 5) is 39.8. The van der Waals surface area contributed by atoms with E-state index in [0.717, 1.165) is 22.5 Å². The average Bonchev–Trinajstić information content (AvgIpc) is 3.43. The highest BCUT2D eigenvalue weighted by Crippen LogP contribution is 2.44. The van der Waals surface area contributed by atoms with Gasteiger partial charge in [-0.25, -0.2) is 14.6 Å². The van der Waals surface area contributed by atoms with Crippen molar-refractivity contribution in [1.82, 2.24) is 15.6 Å². The zero-order valence-electron chi connectivity index (χ0n) is 19.5. The highest BCUT2D eigenvalue weighted by molar-refractivity contribution is 7.13. The zero-order chi connectivity index (χ0) is 25.0. The molecule has 0 aliphatic heterocycles. The lowest BCUT2D eigenvalue weighted by atomic mass is 9.98. The molecule has 182 valence electrons. The third-order valence-corrected chi connectivity index (χ3v) is 6.95. The van der Waals surface area contributed by atoms with Crippen LogP contribution in [0.25, 0.3) is 11.1 Å². The zero-order valence-corrected chi connectivity index (χ0v) is 20.4. The number of carbonyl (C=O) groups excluding carboxylic acids is 2. The number of nitrogens with one attached hydrogen (secondary N) is 2. The first kappa shape index (κ1) is 24.4. The van der Waals surface area contributed by atoms with Crippen molar-refractivity contribution in [1.29, 1.82) is 0 Å². The van der Waals surface area contributed by atoms with E-state index in [-0.39, 0.29) is 36.3 Å². The molecule has 2 aromatic carbocycles. The first-order valence-electron chi connectivity index (χ1n) is 11.3. The van der Waals surface area contributed by atoms with Crippen LogP contribution in [-0.2, 0) is 16.1 Å². The van der Waals surface area contributed by atoms with Crippen LogP contribution in [-0.4, -0.2) is 40.2 Å². The molecule has 0 radical (unpaired) electrons. The Labute approximate surface area is 207 Å². The van der Waals surface area contributed by atoms with Crippen molar-refractivity contribution in [3.05, 3.63) is 75.7 Å². The first-order valence-corrected chi connectivity index (χ1v) is 12.1. The number of hydrogen-bond acceptors (Lipinski definition) is 6. The second-order valence-corrected chi connectivity index (χ2v) is 10.1. The Morgan fingerprint density at radius 1 is 1.06 bits per heavy atom. The molecule has 3 N–H and O–H groups in total. The molecule has 4 rings (SSSR count). The lowest BCUT2D eigenvalue weighted by Crippen LogP contribution is -2.44. The minimum Gasteiger partial charge on any atom is -0.477 e. The quantitative estimate of drug-likeness (QED) is 0.402. The van der Waals surface area contributed by atoms with Gasteiger partial charge in [0.15, 0.2) is 0 Å². The molecule has 0 saturated heterocycles. The maximum atomic E-state index is 12.6. The maximum Gasteiger partial charge on any atom is 0.407 e. The van der Waals surface area contributed by atoms with E-state index in [0.29, 0.717) is 11.4 Å². The summed E-state index contributed by atoms with van der Waals surface area (Å²) in [5.41, 5.74) is 3.97. The van der Waals surface area contributed by atoms with Crippen molar-refractivity contribution in [2.24, 2.45) is 0 Å². The predicted molar refractivity (Wildman–Crippen MR) is 132 cm³/mol. The Hall–Kier alpha value is -3.72. The van der Waals surface area contributed by atoms with Gasteiger partial charge in [-0.3, -0.25) is 4.79 Å². The number of alkyl carbamates (subject to hydrolysis) is 1. The number of amides is 2. The number of ether oxygens (including phenoxy) is 1. The second-order valence-electron chi connectivity index (χ2n) is 9.03. The van der Waals surface area contributed by atoms with Crippen LogP contribution < -0.4 is 10.6 Å². The highest BCUT2D eigenvalue weighted by Gasteiger charge is 2.30. The lowest BCUT2D eigenvalue weighted by molar-refractivity contribution is -0.121. The average molecular weight is 494 g/mol. The molecular weight excluding hydrogens is 466 g/mol. The van der Waals surface area contributed by atoms with Crippen LogP contribution in [0.1, 0.15) is 58.4 Å². The molecule has 8 nitrogen and oxygen atoms in total. The van der Waals surface area contributed by atoms with Gasteiger partial charge in [-0.1, -0.05) is 48.5 Å². The van der Waals surface area contributed by atoms with Crippen molar-refractivity contribution in [2.45, 2.75) is 44.7 Å². The minimum absolute atomic E-state index is 0.0189. The number of aromatic carboxylic acids is 1. The molecule has 3 aromatic rings. The van der Waals surface area contributed by atoms with Crippen molar-refractivity contribution in [2.75, 3.05) is 6.61 Å². The number of aromatic nitrogens is 1. The van der Waals surface area contributed by atoms with Crippen LogP contribution in [0.4, 0.5) is 4.79 Å². The molecule has 1 aliphatic carbocycles. The van der Waals surface area contributed by atoms with E-state index in [1.54, 1.807) is 0 Å². The molecule has 9 heteroatoms. The van der Waals surface area contributed by atoms with Crippen molar-refractivity contribution >= 4 is 29.3 Å². The fraction of sp³-hybridized carbons (Fsp3) is 0.308. The van der Waals surface area contributed by atoms with Crippen LogP contribution in [0, 0.1) is 0 Å². The van der Waals surface area contributed by atoms with Gasteiger partial charge in [-0.2, -0.15) is 0 Å². The summed E-state index contributed by atoms with van der Waals surface area (Å²) >= 11 is 1.02. The van der Waals surface area contributed by atoms with Gasteiger partial charge >= 0.3 is 12.1 Å². The molecule has 1 aliphatic rings. The van der Waals surface area contributed by atoms with E-state index in [1.807, 2.05) is 38.1 Å². The lowest BCUT2D eigenvalue weighted by Gasteiger charge is -2.26. The number of carboxylic acids is 1. The number of nitrogens with zero attached hydrogens (tertiary/aromatic N) is 1. The summed E-state index contributed by atoms with van der Waals surface area (Å²) in [5, 5.41) is 15.1. The van der Waals surface area contributed by atoms with Gasteiger partial charge in [0.05, 0.1) is 12.7 Å². The van der Waals surface area contributed by atoms with E-state index in [4.69, 9.17) is 9.84 Å². The van der Waals surface area contributed by atoms with Gasteiger partial charge in [0.1, 0.15) is 16.5 Å². The standard InChI is InChI=1S/C26H27N3O5S/c1-26(2,12-11-22(30)27-14-23-28-13-21(35-23)24(31)32)29-25(33)34-15-20-18-9-5-3-7-16(18)17-8-4-6-10-19(17)20/h3-10,13,20H,11-12,14-15H2,1-2H3,(H,27,30)(H,29,33)(H,31,32). The predicted octanol–water partition coefficient (Wildman–Crippen LogP) is 4.56. The Morgan fingerprint density at radius 3 is 2.29 bits per heavy atom. The van der Waals surface area contributed by atoms with E-state index in [2.05, 4.69) is 39.9 Å². The summed E-state index contributed by atoms with van der Waals surface area (Å²) in [5.74, 6) is -1.27. The number of benzene rings is 2. The third kappa shape index (κ3) is 5.86. The Balaban J connectivity index is 1.25. The van der Waals surface area contributed by atoms with Gasteiger partial charge in [0.2, 0.25) is 5.91 Å². The van der Waals surface area contributed by atoms with Gasteiger partial charge in [0, 0.05) is 17.9 Å². The summed E-state index contributed by atoms with van der Waals surface area (Å²) in [7, 11) is 0. The number of fused-ring (bicyclic) bond motifs is 3. The molecule has 1 aromatic heterocycles. The molecule has 0 unspecified atom stereocenters. The number of thiazole rings is 1. The summed E-state index contributed by atoms with van der Waals surface area (Å²) in [6.07, 6.45) is 1.34. The molecule has 0 fully saturated rings. The Morgan fingerprint density at radius 2 is 1.69 bits per heavy atom. The monoisotopic (exact) mass is 493 g/mol. The third-order valence-electron chi connectivity index (χ3n) is 5.96. The SMILES string of the molecule is CC(C)(CCC(=O)NCc1ncc(C(=O)O)s1)NC(=O)OCC1c2ccccc2-c2ccccc21. The van der Waals surface area contributed by atoms with E-state index in [9.17, 15) is 14.4 Å². The van der Waals surface area contributed by atoms with Gasteiger partial charge in [-0.05, 0) is 42.5 Å². The van der Waals surface area contributed by atoms with E-state index < -0.39 is 17.6 Å². The second kappa shape index (κ2) is 10.3. The highest BCUT2D eigenvalue weighted by atomic mass is 32.1. The molecular formula is C26H27N3O5S. The number of rotatable bonds is 9. The van der Waals surface area contributed by atoms with Crippen molar-refractivity contribution < 1.29 is 24.2 Å². The van der Waals surface area contributed by atoms with Gasteiger partial charge < -0.3 is 20.5 Å². The van der Waals surface area contributed by atoms with Crippen molar-refractivity contribution in [3.8, 4) is 11.1 Å². The van der Waals surface area contributed by atoms with E-state index in [1.165, 1.54) is 17.3 Å². The summed E-state index contributed by atoms with van der Waals surface area (Å²) < 4.78 is 5.60. The maximum absolute atomic E-state index is 12.6. The van der Waals surface area contributed by atoms with Crippen LogP contribution in [0.2, 0.25) is 0 Å². The van der Waals surface area contributed by atoms with Crippen LogP contribution in [0.3, 0.4) is 0 Å². The van der Waals surface area contributed by atoms with E-state index >= 15 is 0 Å². The minimum atomic E-state index is -1.04. The molecule has 0 atom stereocenters. The number of carbonyl (C=O) groups is 3. The molecule has 2 amide bonds. The Kier molecular flexibility index (Phi) is 7.16. The van der Waals surface area contributed by atoms with Crippen LogP contribution >= 0.6 is 11.3 Å². The molecule has 0 bridgehead atoms. The Bertz CT molecular complexity index is 1210. The van der Waals surface area contributed by atoms with Crippen LogP contribution in [0.15, 0.2) is 54.7 Å². The first-order chi connectivity index (χ1) is 16.7. The smallest absolute Gasteiger partial charge is 0.407 e. The largest absolute Gasteiger partial charge is 0.477 e. The number of carboxylic acid groups (broad SMARTS) is 1. The van der Waals surface area contributed by atoms with Crippen molar-refractivity contribution in [3.63, 3.8) is 0 Å². The summed E-state index contributed by atoms with van der Waals surface area (Å²) in [6.45, 7) is 4.06.